The molecule has 0 bridgehead atoms. The van der Waals surface area contributed by atoms with Crippen LogP contribution in [0.25, 0.3) is 0 Å². The van der Waals surface area contributed by atoms with Crippen LogP contribution in [0.2, 0.25) is 0 Å². The van der Waals surface area contributed by atoms with Gasteiger partial charge in [-0.3, -0.25) is 11.8 Å². The molecular formula is C70H120Eu2O12P4-2. The van der Waals surface area contributed by atoms with E-state index in [9.17, 15) is 0 Å². The predicted molar refractivity (Wildman–Crippen MR) is 370 cm³/mol. The summed E-state index contributed by atoms with van der Waals surface area (Å²) in [6.45, 7) is 52.7. The minimum atomic E-state index is 0. The van der Waals surface area contributed by atoms with E-state index in [-0.39, 0.29) is 98.8 Å². The van der Waals surface area contributed by atoms with E-state index in [1.165, 1.54) is 33.2 Å². The molecule has 2 aromatic carbocycles. The summed E-state index contributed by atoms with van der Waals surface area (Å²) in [6.07, 6.45) is 13.4. The van der Waals surface area contributed by atoms with Crippen molar-refractivity contribution in [3.8, 4) is 11.8 Å². The Kier molecular flexibility index (Phi) is 68.3. The maximum atomic E-state index is 6.69. The molecule has 1 aliphatic heterocycles. The van der Waals surface area contributed by atoms with E-state index in [1.807, 2.05) is 60.7 Å². The Bertz CT molecular complexity index is 1950. The molecule has 3 aromatic rings. The van der Waals surface area contributed by atoms with Gasteiger partial charge >= 0.3 is 0 Å². The first-order chi connectivity index (χ1) is 40.2. The van der Waals surface area contributed by atoms with E-state index < -0.39 is 0 Å². The quantitative estimate of drug-likeness (QED) is 0.0368. The van der Waals surface area contributed by atoms with Gasteiger partial charge in [0.2, 0.25) is 0 Å². The third kappa shape index (κ3) is 58.2. The van der Waals surface area contributed by atoms with Crippen molar-refractivity contribution >= 4 is 38.5 Å². The largest absolute Gasteiger partial charge is 0.382 e. The van der Waals surface area contributed by atoms with Gasteiger partial charge in [-0.2, -0.15) is 5.03 Å². The SMILES string of the molecule is CC(C)(C)C1=P[C+](C(C)(C)C)[P-][C+]1C(C)(C)C.CC(C)(C)c1pc(C(C)(C)C)c(C(C)(C)C)[p-]1.COCCOCCOC.COCCOCCOC.COCCOCCOC.COCCOCCOC.[C-]#Cc1ccccc1.[C-]#Cc1ccccc1.[Eu].[Eu]. The van der Waals surface area contributed by atoms with Crippen molar-refractivity contribution in [1.29, 1.82) is 0 Å². The molecule has 1 aliphatic rings. The summed E-state index contributed by atoms with van der Waals surface area (Å²) in [5.74, 6) is 4.55. The molecule has 0 amide bonds. The maximum absolute atomic E-state index is 6.69. The smallest absolute Gasteiger partial charge is 0.156 e. The van der Waals surface area contributed by atoms with Crippen LogP contribution in [0, 0.1) is 151 Å². The van der Waals surface area contributed by atoms with E-state index in [1.54, 1.807) is 88.8 Å². The van der Waals surface area contributed by atoms with Crippen LogP contribution < -0.4 is 0 Å². The molecule has 0 N–H and O–H groups in total. The zero-order valence-corrected chi connectivity index (χ0v) is 68.0. The second kappa shape index (κ2) is 60.2. The molecule has 0 aliphatic carbocycles. The fraction of sp³-hybridized carbons (Fsp3) is 0.686. The third-order valence-electron chi connectivity index (χ3n) is 10.8. The van der Waals surface area contributed by atoms with E-state index in [0.29, 0.717) is 138 Å². The van der Waals surface area contributed by atoms with Gasteiger partial charge in [0, 0.05) is 172 Å². The Balaban J connectivity index is -0.000000222. The monoisotopic (exact) mass is 1580 g/mol. The van der Waals surface area contributed by atoms with Gasteiger partial charge in [0.15, 0.2) is 13.5 Å². The van der Waals surface area contributed by atoms with Crippen LogP contribution in [-0.2, 0) is 73.1 Å². The van der Waals surface area contributed by atoms with Crippen LogP contribution in [0.1, 0.15) is 151 Å². The van der Waals surface area contributed by atoms with Crippen molar-refractivity contribution in [2.45, 2.75) is 141 Å². The standard InChI is InChI=1S/2C15H27P2.2C8H5.4C6H14O3.2Eu/c2*1-13(2,3)10-11(14(4,5)6)17-12(16-10)15(7,8)9;2*1-2-8-6-4-3-5-7-8;4*1-7-3-5-9-6-4-8-2;;/h2*1-9H3;2*3-7H;4*3-6H2,1-2H3;;/q-1;+1;2*-1;;;;;;. The first-order valence-corrected chi connectivity index (χ1v) is 33.1. The molecule has 508 valence electrons. The van der Waals surface area contributed by atoms with E-state index in [4.69, 9.17) is 69.7 Å². The number of benzene rings is 2. The van der Waals surface area contributed by atoms with Gasteiger partial charge in [-0.05, 0) is 66.4 Å². The zero-order valence-electron chi connectivity index (χ0n) is 59.5. The van der Waals surface area contributed by atoms with Crippen molar-refractivity contribution < 1.29 is 156 Å². The van der Waals surface area contributed by atoms with Gasteiger partial charge in [0.05, 0.1) is 117 Å². The summed E-state index contributed by atoms with van der Waals surface area (Å²) >= 11 is 0. The third-order valence-corrected chi connectivity index (χ3v) is 20.3. The summed E-state index contributed by atoms with van der Waals surface area (Å²) in [7, 11) is 19.2. The van der Waals surface area contributed by atoms with Crippen LogP contribution in [0.15, 0.2) is 60.7 Å². The molecule has 0 atom stereocenters. The molecule has 88 heavy (non-hydrogen) atoms. The van der Waals surface area contributed by atoms with Crippen molar-refractivity contribution in [1.82, 2.24) is 0 Å². The first-order valence-electron chi connectivity index (χ1n) is 29.5. The van der Waals surface area contributed by atoms with Crippen LogP contribution in [0.5, 0.6) is 0 Å². The fourth-order valence-electron chi connectivity index (χ4n) is 6.04. The molecule has 0 fully saturated rings. The van der Waals surface area contributed by atoms with E-state index in [0.717, 1.165) is 11.1 Å². The number of methoxy groups -OCH3 is 8. The summed E-state index contributed by atoms with van der Waals surface area (Å²) in [6, 6.07) is 18.7. The molecule has 0 spiro atoms. The van der Waals surface area contributed by atoms with Crippen LogP contribution >= 0.6 is 33.2 Å². The Morgan fingerprint density at radius 3 is 0.830 bits per heavy atom. The predicted octanol–water partition coefficient (Wildman–Crippen LogP) is 17.1. The Hall–Kier alpha value is 0.799. The molecule has 2 radical (unpaired) electrons. The van der Waals surface area contributed by atoms with Crippen molar-refractivity contribution in [2.24, 2.45) is 16.2 Å². The topological polar surface area (TPSA) is 111 Å². The van der Waals surface area contributed by atoms with Gasteiger partial charge < -0.3 is 86.1 Å². The average Bonchev–Trinajstić information content (AvgIpc) is 2.48. The Labute approximate surface area is 629 Å². The van der Waals surface area contributed by atoms with Gasteiger partial charge in [-0.25, -0.2) is 0 Å². The summed E-state index contributed by atoms with van der Waals surface area (Å²) in [5.41, 5.74) is 5.14. The number of hydrogen-bond acceptors (Lipinski definition) is 12. The maximum Gasteiger partial charge on any atom is 0.156 e. The summed E-state index contributed by atoms with van der Waals surface area (Å²) in [5, 5.41) is 8.27. The van der Waals surface area contributed by atoms with Crippen LogP contribution in [0.3, 0.4) is 0 Å². The second-order valence-corrected chi connectivity index (χ2v) is 30.5. The minimum Gasteiger partial charge on any atom is -0.382 e. The molecule has 0 saturated carbocycles. The van der Waals surface area contributed by atoms with E-state index in [2.05, 4.69) is 136 Å². The molecular weight excluding hydrogens is 1460 g/mol. The van der Waals surface area contributed by atoms with E-state index >= 15 is 0 Å². The molecule has 4 rings (SSSR count). The Morgan fingerprint density at radius 2 is 0.670 bits per heavy atom. The van der Waals surface area contributed by atoms with Gasteiger partial charge in [0.25, 0.3) is 0 Å². The molecule has 2 heterocycles. The van der Waals surface area contributed by atoms with Crippen molar-refractivity contribution in [2.75, 3.05) is 163 Å². The molecule has 18 heteroatoms. The molecule has 0 saturated heterocycles. The zero-order chi connectivity index (χ0) is 66.7. The van der Waals surface area contributed by atoms with Gasteiger partial charge in [-0.15, -0.1) is 46.0 Å². The first kappa shape index (κ1) is 99.8. The fourth-order valence-corrected chi connectivity index (χ4v) is 13.5. The van der Waals surface area contributed by atoms with Crippen LogP contribution in [0.4, 0.5) is 0 Å². The summed E-state index contributed by atoms with van der Waals surface area (Å²) < 4.78 is 58.3. The number of rotatable bonds is 24. The molecule has 0 unspecified atom stereocenters. The molecule has 1 aromatic heterocycles. The molecule has 12 nitrogen and oxygen atoms in total. The average molecular weight is 1580 g/mol. The van der Waals surface area contributed by atoms with Crippen molar-refractivity contribution in [3.63, 3.8) is 0 Å². The summed E-state index contributed by atoms with van der Waals surface area (Å²) in [4.78, 5) is 0. The van der Waals surface area contributed by atoms with Crippen molar-refractivity contribution in [3.05, 3.63) is 111 Å². The minimum absolute atomic E-state index is 0. The van der Waals surface area contributed by atoms with Gasteiger partial charge in [0.1, 0.15) is 0 Å². The van der Waals surface area contributed by atoms with Gasteiger partial charge in [-0.1, -0.05) is 119 Å². The second-order valence-electron chi connectivity index (χ2n) is 25.4. The number of hydrogen-bond donors (Lipinski definition) is 0. The normalized spacial score (nSPS) is 12.5. The van der Waals surface area contributed by atoms with Crippen LogP contribution in [-0.4, -0.2) is 168 Å². The Morgan fingerprint density at radius 1 is 0.386 bits per heavy atom. The number of ether oxygens (including phenoxy) is 12.